The number of alkyl halides is 1. The number of aromatic hydroxyl groups is 1. The molecule has 11 heteroatoms. The van der Waals surface area contributed by atoms with E-state index in [1.807, 2.05) is 6.92 Å². The lowest BCUT2D eigenvalue weighted by atomic mass is 9.94. The summed E-state index contributed by atoms with van der Waals surface area (Å²) >= 11 is 0. The van der Waals surface area contributed by atoms with Gasteiger partial charge in [0.15, 0.2) is 5.82 Å². The first-order chi connectivity index (χ1) is 20.6. The van der Waals surface area contributed by atoms with Crippen LogP contribution in [0.15, 0.2) is 33.5 Å². The molecule has 2 aromatic heterocycles. The molecular formula is C32H30F2N4O5. The molecule has 0 radical (unpaired) electrons. The fraction of sp³-hybridized carbons (Fsp3) is 0.406. The van der Waals surface area contributed by atoms with E-state index in [2.05, 4.69) is 20.8 Å². The molecule has 3 aliphatic rings. The van der Waals surface area contributed by atoms with Gasteiger partial charge >= 0.3 is 11.6 Å². The van der Waals surface area contributed by atoms with E-state index < -0.39 is 29.3 Å². The number of benzene rings is 2. The number of fused-ring (bicyclic) bond motifs is 3. The van der Waals surface area contributed by atoms with Crippen molar-refractivity contribution in [2.75, 3.05) is 31.1 Å². The highest BCUT2D eigenvalue weighted by Gasteiger charge is 2.49. The molecule has 43 heavy (non-hydrogen) atoms. The molecule has 2 aromatic carbocycles. The summed E-state index contributed by atoms with van der Waals surface area (Å²) in [5.41, 5.74) is -0.336. The fourth-order valence-corrected chi connectivity index (χ4v) is 7.01. The minimum atomic E-state index is -0.926. The lowest BCUT2D eigenvalue weighted by Gasteiger charge is -2.44. The van der Waals surface area contributed by atoms with E-state index in [0.717, 1.165) is 19.4 Å². The highest BCUT2D eigenvalue weighted by atomic mass is 19.1. The average molecular weight is 589 g/mol. The van der Waals surface area contributed by atoms with Crippen molar-refractivity contribution in [2.45, 2.75) is 57.0 Å². The van der Waals surface area contributed by atoms with Crippen molar-refractivity contribution in [1.29, 1.82) is 0 Å². The number of phenolic OH excluding ortho intramolecular Hbond substituents is 1. The molecule has 7 rings (SSSR count). The third kappa shape index (κ3) is 4.23. The van der Waals surface area contributed by atoms with Gasteiger partial charge in [0.1, 0.15) is 35.5 Å². The Morgan fingerprint density at radius 2 is 2.07 bits per heavy atom. The Kier molecular flexibility index (Phi) is 6.34. The smallest absolute Gasteiger partial charge is 0.349 e. The third-order valence-corrected chi connectivity index (χ3v) is 9.34. The number of hydrogen-bond donors (Lipinski definition) is 2. The SMILES string of the molecule is C#Cc1c(F)ccc2cc(O)cc(-c3oc(=O)c4c(N5C[C@H](O)[C@H]5C)nc(OC[C@@]56CCCN5C[C@H](F)C6)nc4c3C)c12. The maximum atomic E-state index is 14.8. The number of nitrogens with zero attached hydrogens (tertiary/aromatic N) is 4. The summed E-state index contributed by atoms with van der Waals surface area (Å²) in [4.78, 5) is 26.8. The van der Waals surface area contributed by atoms with Gasteiger partial charge in [-0.1, -0.05) is 12.0 Å². The Bertz CT molecular complexity index is 1910. The molecule has 3 fully saturated rings. The number of anilines is 1. The van der Waals surface area contributed by atoms with Gasteiger partial charge in [-0.15, -0.1) is 6.42 Å². The maximum absolute atomic E-state index is 14.8. The van der Waals surface area contributed by atoms with E-state index in [0.29, 0.717) is 29.3 Å². The molecule has 222 valence electrons. The normalized spacial score (nSPS) is 25.2. The summed E-state index contributed by atoms with van der Waals surface area (Å²) in [5, 5.41) is 21.6. The number of halogens is 2. The number of aryl methyl sites for hydroxylation is 1. The average Bonchev–Trinajstić information content (AvgIpc) is 3.51. The highest BCUT2D eigenvalue weighted by Crippen LogP contribution is 2.42. The Hall–Kier alpha value is -4.27. The Balaban J connectivity index is 1.42. The van der Waals surface area contributed by atoms with Crippen LogP contribution in [0, 0.1) is 25.1 Å². The standard InChI is InChI=1S/C32H30F2N4O5/c1-4-21-23(34)7-6-18-10-20(39)11-22(25(18)21)28-16(2)27-26(30(41)43-28)29(38-14-24(40)17(38)3)36-31(35-27)42-15-32-8-5-9-37(32)13-19(33)12-32/h1,6-7,10-11,17,19,24,39-40H,5,8-9,12-15H2,2-3H3/t17-,19-,24+,32+/m1/s1. The van der Waals surface area contributed by atoms with Crippen LogP contribution in [0.3, 0.4) is 0 Å². The van der Waals surface area contributed by atoms with E-state index in [4.69, 9.17) is 15.6 Å². The van der Waals surface area contributed by atoms with Crippen molar-refractivity contribution in [1.82, 2.24) is 14.9 Å². The Labute approximate surface area is 245 Å². The fourth-order valence-electron chi connectivity index (χ4n) is 7.01. The predicted octanol–water partition coefficient (Wildman–Crippen LogP) is 4.06. The van der Waals surface area contributed by atoms with Gasteiger partial charge < -0.3 is 24.3 Å². The van der Waals surface area contributed by atoms with Crippen molar-refractivity contribution in [2.24, 2.45) is 0 Å². The van der Waals surface area contributed by atoms with Crippen molar-refractivity contribution < 1.29 is 28.1 Å². The number of aliphatic hydroxyl groups excluding tert-OH is 1. The summed E-state index contributed by atoms with van der Waals surface area (Å²) in [6.07, 6.45) is 6.26. The molecule has 5 heterocycles. The summed E-state index contributed by atoms with van der Waals surface area (Å²) in [6, 6.07) is 5.21. The summed E-state index contributed by atoms with van der Waals surface area (Å²) in [6.45, 7) is 5.12. The van der Waals surface area contributed by atoms with Crippen LogP contribution < -0.4 is 15.3 Å². The zero-order valence-electron chi connectivity index (χ0n) is 23.7. The first-order valence-corrected chi connectivity index (χ1v) is 14.3. The number of phenols is 1. The van der Waals surface area contributed by atoms with E-state index in [1.165, 1.54) is 24.3 Å². The van der Waals surface area contributed by atoms with Crippen LogP contribution in [0.4, 0.5) is 14.6 Å². The Morgan fingerprint density at radius 1 is 1.26 bits per heavy atom. The number of terminal acetylenes is 1. The number of rotatable bonds is 5. The van der Waals surface area contributed by atoms with Crippen molar-refractivity contribution in [3.63, 3.8) is 0 Å². The van der Waals surface area contributed by atoms with Crippen molar-refractivity contribution in [3.05, 3.63) is 51.6 Å². The van der Waals surface area contributed by atoms with Crippen LogP contribution in [0.2, 0.25) is 0 Å². The minimum Gasteiger partial charge on any atom is -0.508 e. The zero-order valence-corrected chi connectivity index (χ0v) is 23.7. The lowest BCUT2D eigenvalue weighted by Crippen LogP contribution is -2.59. The first-order valence-electron chi connectivity index (χ1n) is 14.3. The van der Waals surface area contributed by atoms with E-state index in [9.17, 15) is 23.8 Å². The number of aromatic nitrogens is 2. The van der Waals surface area contributed by atoms with Gasteiger partial charge in [-0.2, -0.15) is 9.97 Å². The summed E-state index contributed by atoms with van der Waals surface area (Å²) < 4.78 is 41.2. The molecule has 9 nitrogen and oxygen atoms in total. The second-order valence-corrected chi connectivity index (χ2v) is 11.9. The van der Waals surface area contributed by atoms with Crippen molar-refractivity contribution >= 4 is 27.5 Å². The first kappa shape index (κ1) is 27.6. The number of β-amino-alcohol motifs (C(OH)–C–C–N with tert-alkyl or cyclic N) is 1. The number of hydrogen-bond acceptors (Lipinski definition) is 9. The molecule has 0 aliphatic carbocycles. The highest BCUT2D eigenvalue weighted by molar-refractivity contribution is 6.03. The molecule has 0 spiro atoms. The second kappa shape index (κ2) is 9.89. The molecule has 4 atom stereocenters. The van der Waals surface area contributed by atoms with Gasteiger partial charge in [0, 0.05) is 36.0 Å². The van der Waals surface area contributed by atoms with E-state index in [1.54, 1.807) is 11.8 Å². The van der Waals surface area contributed by atoms with Gasteiger partial charge in [0.2, 0.25) is 0 Å². The van der Waals surface area contributed by atoms with E-state index in [-0.39, 0.29) is 64.6 Å². The maximum Gasteiger partial charge on any atom is 0.349 e. The minimum absolute atomic E-state index is 0.00963. The van der Waals surface area contributed by atoms with Crippen LogP contribution >= 0.6 is 0 Å². The molecule has 0 unspecified atom stereocenters. The second-order valence-electron chi connectivity index (χ2n) is 11.9. The molecule has 0 bridgehead atoms. The lowest BCUT2D eigenvalue weighted by molar-refractivity contribution is 0.0974. The molecule has 3 aliphatic heterocycles. The summed E-state index contributed by atoms with van der Waals surface area (Å²) in [5.74, 6) is 1.94. The molecule has 2 N–H and O–H groups in total. The van der Waals surface area contributed by atoms with Crippen LogP contribution in [-0.4, -0.2) is 75.2 Å². The van der Waals surface area contributed by atoms with Crippen LogP contribution in [0.25, 0.3) is 33.0 Å². The van der Waals surface area contributed by atoms with Gasteiger partial charge in [0.25, 0.3) is 0 Å². The van der Waals surface area contributed by atoms with Crippen LogP contribution in [0.5, 0.6) is 11.8 Å². The zero-order chi connectivity index (χ0) is 30.2. The largest absolute Gasteiger partial charge is 0.508 e. The number of aliphatic hydroxyl groups is 1. The summed E-state index contributed by atoms with van der Waals surface area (Å²) in [7, 11) is 0. The van der Waals surface area contributed by atoms with Gasteiger partial charge in [-0.25, -0.2) is 13.6 Å². The molecule has 4 aromatic rings. The number of ether oxygens (including phenoxy) is 1. The van der Waals surface area contributed by atoms with Gasteiger partial charge in [-0.05, 0) is 56.8 Å². The van der Waals surface area contributed by atoms with E-state index >= 15 is 0 Å². The van der Waals surface area contributed by atoms with Gasteiger partial charge in [0.05, 0.1) is 28.8 Å². The monoisotopic (exact) mass is 588 g/mol. The third-order valence-electron chi connectivity index (χ3n) is 9.34. The quantitative estimate of drug-likeness (QED) is 0.334. The molecule has 3 saturated heterocycles. The topological polar surface area (TPSA) is 112 Å². The van der Waals surface area contributed by atoms with Gasteiger partial charge in [-0.3, -0.25) is 4.90 Å². The van der Waals surface area contributed by atoms with Crippen LogP contribution in [0.1, 0.15) is 37.3 Å². The van der Waals surface area contributed by atoms with Crippen molar-refractivity contribution in [3.8, 4) is 35.4 Å². The molecular weight excluding hydrogens is 558 g/mol. The van der Waals surface area contributed by atoms with Crippen LogP contribution in [-0.2, 0) is 0 Å². The predicted molar refractivity (Wildman–Crippen MR) is 157 cm³/mol. The molecule has 0 saturated carbocycles. The molecule has 0 amide bonds. The Morgan fingerprint density at radius 3 is 2.81 bits per heavy atom.